The molecule has 0 atom stereocenters. The lowest BCUT2D eigenvalue weighted by Crippen LogP contribution is -2.27. The fourth-order valence-electron chi connectivity index (χ4n) is 1.35. The molecule has 1 aromatic carbocycles. The van der Waals surface area contributed by atoms with E-state index in [0.29, 0.717) is 4.90 Å². The average molecular weight is 242 g/mol. The lowest BCUT2D eigenvalue weighted by atomic mass is 10.1. The Bertz CT molecular complexity index is 412. The van der Waals surface area contributed by atoms with Gasteiger partial charge in [-0.15, -0.1) is 0 Å². The zero-order chi connectivity index (χ0) is 12.0. The highest BCUT2D eigenvalue weighted by molar-refractivity contribution is 7.90. The van der Waals surface area contributed by atoms with Crippen molar-refractivity contribution in [1.82, 2.24) is 10.6 Å². The van der Waals surface area contributed by atoms with Crippen LogP contribution in [0.5, 0.6) is 0 Å². The minimum atomic E-state index is -3.07. The second kappa shape index (κ2) is 5.98. The quantitative estimate of drug-likeness (QED) is 0.560. The van der Waals surface area contributed by atoms with E-state index in [4.69, 9.17) is 0 Å². The first-order valence-corrected chi connectivity index (χ1v) is 7.07. The van der Waals surface area contributed by atoms with Crippen LogP contribution in [-0.4, -0.2) is 34.9 Å². The van der Waals surface area contributed by atoms with E-state index in [1.54, 1.807) is 12.1 Å². The van der Waals surface area contributed by atoms with Gasteiger partial charge in [-0.25, -0.2) is 8.42 Å². The molecule has 0 aliphatic carbocycles. The summed E-state index contributed by atoms with van der Waals surface area (Å²) in [5.41, 5.74) is 1.14. The Morgan fingerprint density at radius 1 is 1.19 bits per heavy atom. The summed E-state index contributed by atoms with van der Waals surface area (Å²) in [5, 5.41) is 6.19. The minimum Gasteiger partial charge on any atom is -0.308 e. The van der Waals surface area contributed by atoms with Gasteiger partial charge in [0.2, 0.25) is 0 Å². The van der Waals surface area contributed by atoms with Gasteiger partial charge in [-0.3, -0.25) is 0 Å². The van der Waals surface area contributed by atoms with E-state index in [-0.39, 0.29) is 0 Å². The van der Waals surface area contributed by atoms with Crippen molar-refractivity contribution in [2.45, 2.75) is 11.3 Å². The van der Waals surface area contributed by atoms with Crippen molar-refractivity contribution in [3.05, 3.63) is 29.8 Å². The molecule has 5 heteroatoms. The summed E-state index contributed by atoms with van der Waals surface area (Å²) in [6, 6.07) is 7.03. The molecule has 2 N–H and O–H groups in total. The Morgan fingerprint density at radius 2 is 1.81 bits per heavy atom. The number of nitrogens with one attached hydrogen (secondary N) is 2. The Labute approximate surface area is 97.0 Å². The molecular weight excluding hydrogens is 224 g/mol. The van der Waals surface area contributed by atoms with Crippen LogP contribution in [0, 0.1) is 0 Å². The third kappa shape index (κ3) is 4.30. The van der Waals surface area contributed by atoms with E-state index < -0.39 is 9.84 Å². The molecule has 0 spiro atoms. The zero-order valence-electron chi connectivity index (χ0n) is 9.66. The molecule has 0 amide bonds. The van der Waals surface area contributed by atoms with Crippen LogP contribution < -0.4 is 10.6 Å². The number of sulfone groups is 1. The molecule has 90 valence electrons. The molecule has 0 radical (unpaired) electrons. The number of rotatable bonds is 6. The van der Waals surface area contributed by atoms with Gasteiger partial charge in [0.25, 0.3) is 0 Å². The SMILES string of the molecule is CNCNCCc1ccc(S(C)(=O)=O)cc1. The Hall–Kier alpha value is -0.910. The monoisotopic (exact) mass is 242 g/mol. The first kappa shape index (κ1) is 13.2. The molecular formula is C11H18N2O2S. The number of hydrogen-bond donors (Lipinski definition) is 2. The summed E-state index contributed by atoms with van der Waals surface area (Å²) < 4.78 is 22.4. The Balaban J connectivity index is 2.52. The van der Waals surface area contributed by atoms with Gasteiger partial charge in [0.1, 0.15) is 0 Å². The summed E-state index contributed by atoms with van der Waals surface area (Å²) in [6.07, 6.45) is 2.11. The lowest BCUT2D eigenvalue weighted by Gasteiger charge is -2.04. The van der Waals surface area contributed by atoms with Crippen molar-refractivity contribution in [3.63, 3.8) is 0 Å². The Kier molecular flexibility index (Phi) is 4.92. The predicted octanol–water partition coefficient (Wildman–Crippen LogP) is 0.399. The Morgan fingerprint density at radius 3 is 2.31 bits per heavy atom. The van der Waals surface area contributed by atoms with Crippen LogP contribution in [-0.2, 0) is 16.3 Å². The smallest absolute Gasteiger partial charge is 0.175 e. The van der Waals surface area contributed by atoms with Crippen LogP contribution in [0.3, 0.4) is 0 Å². The predicted molar refractivity (Wildman–Crippen MR) is 65.2 cm³/mol. The van der Waals surface area contributed by atoms with E-state index in [1.165, 1.54) is 6.26 Å². The molecule has 0 aromatic heterocycles. The van der Waals surface area contributed by atoms with Crippen molar-refractivity contribution in [3.8, 4) is 0 Å². The van der Waals surface area contributed by atoms with Crippen LogP contribution in [0.1, 0.15) is 5.56 Å². The topological polar surface area (TPSA) is 58.2 Å². The largest absolute Gasteiger partial charge is 0.308 e. The standard InChI is InChI=1S/C11H18N2O2S/c1-12-9-13-8-7-10-3-5-11(6-4-10)16(2,14)15/h3-6,12-13H,7-9H2,1-2H3. The molecule has 0 unspecified atom stereocenters. The van der Waals surface area contributed by atoms with Crippen LogP contribution in [0.4, 0.5) is 0 Å². The number of hydrogen-bond acceptors (Lipinski definition) is 4. The summed E-state index contributed by atoms with van der Waals surface area (Å²) in [4.78, 5) is 0.374. The molecule has 16 heavy (non-hydrogen) atoms. The fraction of sp³-hybridized carbons (Fsp3) is 0.455. The van der Waals surface area contributed by atoms with E-state index in [0.717, 1.165) is 25.2 Å². The molecule has 0 fully saturated rings. The molecule has 1 aromatic rings. The summed E-state index contributed by atoms with van der Waals surface area (Å²) >= 11 is 0. The molecule has 4 nitrogen and oxygen atoms in total. The number of benzene rings is 1. The summed E-state index contributed by atoms with van der Waals surface area (Å²) in [7, 11) is -1.19. The first-order chi connectivity index (χ1) is 7.54. The van der Waals surface area contributed by atoms with E-state index >= 15 is 0 Å². The van der Waals surface area contributed by atoms with Crippen molar-refractivity contribution in [2.24, 2.45) is 0 Å². The third-order valence-corrected chi connectivity index (χ3v) is 3.37. The fourth-order valence-corrected chi connectivity index (χ4v) is 1.98. The third-order valence-electron chi connectivity index (χ3n) is 2.24. The van der Waals surface area contributed by atoms with Gasteiger partial charge in [0.05, 0.1) is 4.90 Å². The average Bonchev–Trinajstić information content (AvgIpc) is 2.24. The summed E-state index contributed by atoms with van der Waals surface area (Å²) in [5.74, 6) is 0. The van der Waals surface area contributed by atoms with Gasteiger partial charge in [0.15, 0.2) is 9.84 Å². The van der Waals surface area contributed by atoms with Crippen LogP contribution in [0.15, 0.2) is 29.2 Å². The molecule has 1 rings (SSSR count). The molecule has 0 bridgehead atoms. The first-order valence-electron chi connectivity index (χ1n) is 5.18. The highest BCUT2D eigenvalue weighted by Gasteiger charge is 2.05. The van der Waals surface area contributed by atoms with Crippen molar-refractivity contribution in [1.29, 1.82) is 0 Å². The van der Waals surface area contributed by atoms with Gasteiger partial charge >= 0.3 is 0 Å². The zero-order valence-corrected chi connectivity index (χ0v) is 10.5. The van der Waals surface area contributed by atoms with E-state index in [1.807, 2.05) is 19.2 Å². The van der Waals surface area contributed by atoms with Gasteiger partial charge in [-0.05, 0) is 31.2 Å². The van der Waals surface area contributed by atoms with E-state index in [2.05, 4.69) is 10.6 Å². The van der Waals surface area contributed by atoms with Gasteiger partial charge < -0.3 is 10.6 Å². The molecule has 0 heterocycles. The van der Waals surface area contributed by atoms with Crippen molar-refractivity contribution >= 4 is 9.84 Å². The second-order valence-corrected chi connectivity index (χ2v) is 5.71. The highest BCUT2D eigenvalue weighted by Crippen LogP contribution is 2.10. The van der Waals surface area contributed by atoms with Crippen molar-refractivity contribution in [2.75, 3.05) is 26.5 Å². The highest BCUT2D eigenvalue weighted by atomic mass is 32.2. The lowest BCUT2D eigenvalue weighted by molar-refractivity contribution is 0.602. The van der Waals surface area contributed by atoms with Crippen molar-refractivity contribution < 1.29 is 8.42 Å². The maximum absolute atomic E-state index is 11.2. The summed E-state index contributed by atoms with van der Waals surface area (Å²) in [6.45, 7) is 1.65. The van der Waals surface area contributed by atoms with E-state index in [9.17, 15) is 8.42 Å². The normalized spacial score (nSPS) is 11.6. The van der Waals surface area contributed by atoms with Crippen LogP contribution >= 0.6 is 0 Å². The maximum Gasteiger partial charge on any atom is 0.175 e. The maximum atomic E-state index is 11.2. The molecule has 0 saturated heterocycles. The van der Waals surface area contributed by atoms with Crippen LogP contribution in [0.2, 0.25) is 0 Å². The molecule has 0 aliphatic heterocycles. The van der Waals surface area contributed by atoms with Gasteiger partial charge in [0, 0.05) is 19.5 Å². The second-order valence-electron chi connectivity index (χ2n) is 3.70. The van der Waals surface area contributed by atoms with Gasteiger partial charge in [-0.1, -0.05) is 12.1 Å². The van der Waals surface area contributed by atoms with Crippen LogP contribution in [0.25, 0.3) is 0 Å². The molecule has 0 saturated carbocycles. The van der Waals surface area contributed by atoms with Gasteiger partial charge in [-0.2, -0.15) is 0 Å². The molecule has 0 aliphatic rings. The minimum absolute atomic E-state index is 0.374.